The van der Waals surface area contributed by atoms with Crippen molar-refractivity contribution >= 4 is 11.6 Å². The Kier molecular flexibility index (Phi) is 3.60. The highest BCUT2D eigenvalue weighted by Crippen LogP contribution is 2.36. The molecule has 1 saturated heterocycles. The van der Waals surface area contributed by atoms with Gasteiger partial charge in [0.25, 0.3) is 5.91 Å². The molecular formula is C14H18N2O5. The summed E-state index contributed by atoms with van der Waals surface area (Å²) in [6.07, 6.45) is 0.750. The van der Waals surface area contributed by atoms with Crippen LogP contribution in [0.1, 0.15) is 16.8 Å². The minimum Gasteiger partial charge on any atom is -0.454 e. The van der Waals surface area contributed by atoms with Gasteiger partial charge < -0.3 is 30.0 Å². The number of nitrogens with two attached hydrogens (primary N) is 1. The van der Waals surface area contributed by atoms with Gasteiger partial charge in [-0.05, 0) is 6.07 Å². The smallest absolute Gasteiger partial charge is 0.253 e. The zero-order valence-corrected chi connectivity index (χ0v) is 11.8. The highest BCUT2D eigenvalue weighted by Gasteiger charge is 2.35. The summed E-state index contributed by atoms with van der Waals surface area (Å²) in [6, 6.07) is 3.19. The van der Waals surface area contributed by atoms with Crippen LogP contribution in [0, 0.1) is 0 Å². The predicted octanol–water partition coefficient (Wildman–Crippen LogP) is 0.533. The van der Waals surface area contributed by atoms with Gasteiger partial charge in [0.05, 0.1) is 12.2 Å². The number of ether oxygens (including phenoxy) is 4. The van der Waals surface area contributed by atoms with Gasteiger partial charge in [-0.3, -0.25) is 4.79 Å². The molecule has 2 aliphatic rings. The Morgan fingerprint density at radius 3 is 2.86 bits per heavy atom. The predicted molar refractivity (Wildman–Crippen MR) is 74.5 cm³/mol. The molecule has 1 fully saturated rings. The number of amides is 1. The van der Waals surface area contributed by atoms with Crippen LogP contribution < -0.4 is 20.5 Å². The summed E-state index contributed by atoms with van der Waals surface area (Å²) in [5.74, 6) is 0.815. The quantitative estimate of drug-likeness (QED) is 0.787. The van der Waals surface area contributed by atoms with Crippen molar-refractivity contribution in [1.29, 1.82) is 0 Å². The molecule has 1 amide bonds. The van der Waals surface area contributed by atoms with Gasteiger partial charge in [-0.1, -0.05) is 0 Å². The summed E-state index contributed by atoms with van der Waals surface area (Å²) in [5, 5.41) is 2.84. The van der Waals surface area contributed by atoms with E-state index in [1.807, 2.05) is 0 Å². The zero-order chi connectivity index (χ0) is 14.9. The summed E-state index contributed by atoms with van der Waals surface area (Å²) in [7, 11) is 1.62. The number of hydrogen-bond donors (Lipinski definition) is 2. The van der Waals surface area contributed by atoms with E-state index in [-0.39, 0.29) is 12.7 Å². The summed E-state index contributed by atoms with van der Waals surface area (Å²) in [5.41, 5.74) is 6.15. The van der Waals surface area contributed by atoms with Gasteiger partial charge >= 0.3 is 0 Å². The van der Waals surface area contributed by atoms with Crippen molar-refractivity contribution in [3.05, 3.63) is 17.7 Å². The molecular weight excluding hydrogens is 276 g/mol. The van der Waals surface area contributed by atoms with Crippen LogP contribution in [0.2, 0.25) is 0 Å². The molecule has 7 nitrogen and oxygen atoms in total. The van der Waals surface area contributed by atoms with Crippen LogP contribution in [0.3, 0.4) is 0 Å². The molecule has 7 heteroatoms. The fraction of sp³-hybridized carbons (Fsp3) is 0.500. The Morgan fingerprint density at radius 1 is 1.43 bits per heavy atom. The van der Waals surface area contributed by atoms with Crippen LogP contribution in [-0.4, -0.2) is 45.2 Å². The maximum Gasteiger partial charge on any atom is 0.253 e. The fourth-order valence-electron chi connectivity index (χ4n) is 2.45. The maximum atomic E-state index is 12.3. The van der Waals surface area contributed by atoms with Gasteiger partial charge in [-0.2, -0.15) is 0 Å². The highest BCUT2D eigenvalue weighted by molar-refractivity contribution is 6.00. The number of hydrogen-bond acceptors (Lipinski definition) is 6. The number of benzene rings is 1. The van der Waals surface area contributed by atoms with Gasteiger partial charge in [0.1, 0.15) is 5.60 Å². The average Bonchev–Trinajstić information content (AvgIpc) is 3.13. The number of nitrogens with one attached hydrogen (secondary N) is 1. The number of methoxy groups -OCH3 is 1. The fourth-order valence-corrected chi connectivity index (χ4v) is 2.45. The third-order valence-corrected chi connectivity index (χ3v) is 3.86. The largest absolute Gasteiger partial charge is 0.454 e. The third-order valence-electron chi connectivity index (χ3n) is 3.86. The minimum absolute atomic E-state index is 0.143. The molecule has 21 heavy (non-hydrogen) atoms. The molecule has 1 aromatic carbocycles. The van der Waals surface area contributed by atoms with Crippen LogP contribution in [0.4, 0.5) is 5.69 Å². The molecule has 0 saturated carbocycles. The van der Waals surface area contributed by atoms with E-state index in [0.29, 0.717) is 42.5 Å². The Bertz CT molecular complexity index is 555. The van der Waals surface area contributed by atoms with Crippen molar-refractivity contribution in [2.75, 3.05) is 39.4 Å². The molecule has 0 aromatic heterocycles. The van der Waals surface area contributed by atoms with E-state index in [1.165, 1.54) is 0 Å². The second-order valence-electron chi connectivity index (χ2n) is 5.17. The molecule has 2 aliphatic heterocycles. The first-order valence-corrected chi connectivity index (χ1v) is 6.74. The van der Waals surface area contributed by atoms with E-state index in [4.69, 9.17) is 24.7 Å². The average molecular weight is 294 g/mol. The van der Waals surface area contributed by atoms with E-state index >= 15 is 0 Å². The van der Waals surface area contributed by atoms with Gasteiger partial charge in [-0.15, -0.1) is 0 Å². The first-order chi connectivity index (χ1) is 10.1. The summed E-state index contributed by atoms with van der Waals surface area (Å²) >= 11 is 0. The molecule has 3 rings (SSSR count). The first-order valence-electron chi connectivity index (χ1n) is 6.74. The Morgan fingerprint density at radius 2 is 2.19 bits per heavy atom. The van der Waals surface area contributed by atoms with E-state index in [1.54, 1.807) is 19.2 Å². The monoisotopic (exact) mass is 294 g/mol. The molecule has 0 radical (unpaired) electrons. The second-order valence-corrected chi connectivity index (χ2v) is 5.17. The molecule has 3 N–H and O–H groups in total. The van der Waals surface area contributed by atoms with Crippen molar-refractivity contribution in [3.63, 3.8) is 0 Å². The molecule has 1 unspecified atom stereocenters. The normalized spacial score (nSPS) is 23.3. The number of fused-ring (bicyclic) bond motifs is 1. The first kappa shape index (κ1) is 14.0. The molecule has 1 aromatic rings. The number of rotatable bonds is 4. The molecule has 0 aliphatic carbocycles. The number of anilines is 1. The Labute approximate surface area is 122 Å². The standard InChI is InChI=1S/C14H18N2O5/c1-18-14(2-3-19-7-14)6-16-13(17)9-4-11-12(5-10(9)15)21-8-20-11/h4-5H,2-3,6-8,15H2,1H3,(H,16,17). The lowest BCUT2D eigenvalue weighted by molar-refractivity contribution is -0.0148. The van der Waals surface area contributed by atoms with Crippen LogP contribution in [-0.2, 0) is 9.47 Å². The van der Waals surface area contributed by atoms with Crippen LogP contribution in [0.15, 0.2) is 12.1 Å². The third kappa shape index (κ3) is 2.62. The molecule has 0 spiro atoms. The van der Waals surface area contributed by atoms with Crippen LogP contribution in [0.25, 0.3) is 0 Å². The van der Waals surface area contributed by atoms with Crippen molar-refractivity contribution in [2.24, 2.45) is 0 Å². The van der Waals surface area contributed by atoms with Crippen molar-refractivity contribution in [1.82, 2.24) is 5.32 Å². The second kappa shape index (κ2) is 5.42. The van der Waals surface area contributed by atoms with Gasteiger partial charge in [0, 0.05) is 38.4 Å². The van der Waals surface area contributed by atoms with E-state index in [2.05, 4.69) is 5.32 Å². The van der Waals surface area contributed by atoms with E-state index in [9.17, 15) is 4.79 Å². The lowest BCUT2D eigenvalue weighted by Crippen LogP contribution is -2.45. The molecule has 1 atom stereocenters. The summed E-state index contributed by atoms with van der Waals surface area (Å²) in [4.78, 5) is 12.3. The maximum absolute atomic E-state index is 12.3. The number of carbonyl (C=O) groups excluding carboxylic acids is 1. The summed E-state index contributed by atoms with van der Waals surface area (Å²) in [6.45, 7) is 1.62. The minimum atomic E-state index is -0.458. The van der Waals surface area contributed by atoms with Gasteiger partial charge in [0.15, 0.2) is 11.5 Å². The van der Waals surface area contributed by atoms with E-state index < -0.39 is 5.60 Å². The van der Waals surface area contributed by atoms with Gasteiger partial charge in [0.2, 0.25) is 6.79 Å². The van der Waals surface area contributed by atoms with Crippen molar-refractivity contribution in [2.45, 2.75) is 12.0 Å². The lowest BCUT2D eigenvalue weighted by atomic mass is 10.0. The van der Waals surface area contributed by atoms with Gasteiger partial charge in [-0.25, -0.2) is 0 Å². The Hall–Kier alpha value is -1.99. The summed E-state index contributed by atoms with van der Waals surface area (Å²) < 4.78 is 21.3. The Balaban J connectivity index is 1.71. The molecule has 2 heterocycles. The lowest BCUT2D eigenvalue weighted by Gasteiger charge is -2.26. The number of nitrogen functional groups attached to an aromatic ring is 1. The van der Waals surface area contributed by atoms with Crippen LogP contribution in [0.5, 0.6) is 11.5 Å². The zero-order valence-electron chi connectivity index (χ0n) is 11.8. The van der Waals surface area contributed by atoms with Crippen molar-refractivity contribution < 1.29 is 23.7 Å². The molecule has 0 bridgehead atoms. The van der Waals surface area contributed by atoms with E-state index in [0.717, 1.165) is 6.42 Å². The highest BCUT2D eigenvalue weighted by atomic mass is 16.7. The number of carbonyl (C=O) groups is 1. The molecule has 114 valence electrons. The van der Waals surface area contributed by atoms with Crippen molar-refractivity contribution in [3.8, 4) is 11.5 Å². The SMILES string of the molecule is COC1(CNC(=O)c2cc3c(cc2N)OCO3)CCOC1. The topological polar surface area (TPSA) is 92.0 Å². The van der Waals surface area contributed by atoms with Crippen LogP contribution >= 0.6 is 0 Å².